The highest BCUT2D eigenvalue weighted by atomic mass is 16.6. The van der Waals surface area contributed by atoms with E-state index in [-0.39, 0.29) is 18.6 Å². The van der Waals surface area contributed by atoms with E-state index < -0.39 is 11.2 Å². The first-order chi connectivity index (χ1) is 12.9. The largest absolute Gasteiger partial charge is 0.484 e. The highest BCUT2D eigenvalue weighted by Gasteiger charge is 2.47. The predicted molar refractivity (Wildman–Crippen MR) is 95.6 cm³/mol. The molecule has 1 aromatic heterocycles. The number of rotatable bonds is 3. The lowest BCUT2D eigenvalue weighted by Crippen LogP contribution is -2.53. The van der Waals surface area contributed by atoms with Crippen LogP contribution in [0.25, 0.3) is 11.0 Å². The van der Waals surface area contributed by atoms with Crippen LogP contribution in [0.3, 0.4) is 0 Å². The van der Waals surface area contributed by atoms with E-state index in [0.29, 0.717) is 31.0 Å². The fraction of sp³-hybridized carbons (Fsp3) is 0.421. The van der Waals surface area contributed by atoms with Gasteiger partial charge in [0.25, 0.3) is 5.91 Å². The topological polar surface area (TPSA) is 89.3 Å². The molecule has 2 fully saturated rings. The highest BCUT2D eigenvalue weighted by molar-refractivity contribution is 5.80. The molecule has 1 atom stereocenters. The molecular formula is C19H20N2O6. The number of amides is 2. The van der Waals surface area contributed by atoms with Crippen molar-refractivity contribution in [3.8, 4) is 5.75 Å². The van der Waals surface area contributed by atoms with Gasteiger partial charge in [-0.15, -0.1) is 0 Å². The Morgan fingerprint density at radius 3 is 2.81 bits per heavy atom. The molecule has 1 aromatic carbocycles. The molecule has 0 N–H and O–H groups in total. The number of carbonyl (C=O) groups excluding carboxylic acids is 2. The van der Waals surface area contributed by atoms with Gasteiger partial charge in [0.1, 0.15) is 16.9 Å². The second kappa shape index (κ2) is 6.61. The van der Waals surface area contributed by atoms with Gasteiger partial charge in [-0.1, -0.05) is 0 Å². The number of hydrogen-bond donors (Lipinski definition) is 0. The van der Waals surface area contributed by atoms with Crippen LogP contribution in [-0.2, 0) is 9.53 Å². The van der Waals surface area contributed by atoms with Crippen molar-refractivity contribution in [2.75, 3.05) is 33.3 Å². The molecule has 0 bridgehead atoms. The Morgan fingerprint density at radius 2 is 2.04 bits per heavy atom. The van der Waals surface area contributed by atoms with Crippen molar-refractivity contribution in [1.82, 2.24) is 9.80 Å². The summed E-state index contributed by atoms with van der Waals surface area (Å²) in [5, 5.41) is 0.776. The van der Waals surface area contributed by atoms with Crippen molar-refractivity contribution in [3.63, 3.8) is 0 Å². The highest BCUT2D eigenvalue weighted by Crippen LogP contribution is 2.31. The molecule has 142 valence electrons. The molecule has 2 aliphatic rings. The molecule has 0 saturated carbocycles. The number of likely N-dealkylation sites (tertiary alicyclic amines) is 1. The van der Waals surface area contributed by atoms with Crippen LogP contribution in [0.4, 0.5) is 4.79 Å². The molecule has 2 aliphatic heterocycles. The molecule has 1 unspecified atom stereocenters. The lowest BCUT2D eigenvalue weighted by atomic mass is 9.93. The molecule has 0 radical (unpaired) electrons. The Hall–Kier alpha value is -3.03. The molecular weight excluding hydrogens is 352 g/mol. The third-order valence-electron chi connectivity index (χ3n) is 4.99. The van der Waals surface area contributed by atoms with E-state index >= 15 is 0 Å². The third-order valence-corrected chi connectivity index (χ3v) is 4.99. The standard InChI is InChI=1S/C19H20N2O6/c1-20-11-19(27-18(20)24)7-2-8-21(12-19)16(22)10-25-14-5-3-13-4-6-17(23)26-15(13)9-14/h3-6,9H,2,7-8,10-12H2,1H3. The molecule has 8 heteroatoms. The Morgan fingerprint density at radius 1 is 1.22 bits per heavy atom. The fourth-order valence-electron chi connectivity index (χ4n) is 3.68. The molecule has 0 aliphatic carbocycles. The van der Waals surface area contributed by atoms with Crippen LogP contribution in [0, 0.1) is 0 Å². The average Bonchev–Trinajstić information content (AvgIpc) is 2.92. The summed E-state index contributed by atoms with van der Waals surface area (Å²) in [6, 6.07) is 8.10. The summed E-state index contributed by atoms with van der Waals surface area (Å²) >= 11 is 0. The first kappa shape index (κ1) is 17.4. The summed E-state index contributed by atoms with van der Waals surface area (Å²) in [4.78, 5) is 38.8. The lowest BCUT2D eigenvalue weighted by Gasteiger charge is -2.38. The summed E-state index contributed by atoms with van der Waals surface area (Å²) in [5.41, 5.74) is -0.651. The van der Waals surface area contributed by atoms with Gasteiger partial charge in [-0.25, -0.2) is 9.59 Å². The van der Waals surface area contributed by atoms with Crippen molar-refractivity contribution in [1.29, 1.82) is 0 Å². The van der Waals surface area contributed by atoms with Crippen LogP contribution >= 0.6 is 0 Å². The zero-order valence-corrected chi connectivity index (χ0v) is 15.0. The number of benzene rings is 1. The Labute approximate surface area is 155 Å². The number of nitrogens with zero attached hydrogens (tertiary/aromatic N) is 2. The number of hydrogen-bond acceptors (Lipinski definition) is 6. The van der Waals surface area contributed by atoms with Gasteiger partial charge in [0.2, 0.25) is 0 Å². The van der Waals surface area contributed by atoms with E-state index in [1.165, 1.54) is 11.0 Å². The van der Waals surface area contributed by atoms with Gasteiger partial charge in [0, 0.05) is 31.1 Å². The predicted octanol–water partition coefficient (Wildman–Crippen LogP) is 1.61. The number of piperidine rings is 1. The van der Waals surface area contributed by atoms with Crippen molar-refractivity contribution in [2.45, 2.75) is 18.4 Å². The SMILES string of the molecule is CN1CC2(CCCN(C(=O)COc3ccc4ccc(=O)oc4c3)C2)OC1=O. The number of carbonyl (C=O) groups is 2. The monoisotopic (exact) mass is 372 g/mol. The minimum atomic E-state index is -0.619. The fourth-order valence-corrected chi connectivity index (χ4v) is 3.68. The maximum atomic E-state index is 12.6. The van der Waals surface area contributed by atoms with Gasteiger partial charge in [-0.05, 0) is 31.0 Å². The summed E-state index contributed by atoms with van der Waals surface area (Å²) in [6.07, 6.45) is 1.17. The van der Waals surface area contributed by atoms with E-state index in [4.69, 9.17) is 13.9 Å². The lowest BCUT2D eigenvalue weighted by molar-refractivity contribution is -0.139. The van der Waals surface area contributed by atoms with E-state index in [1.807, 2.05) is 0 Å². The van der Waals surface area contributed by atoms with Crippen LogP contribution in [0.1, 0.15) is 12.8 Å². The molecule has 2 saturated heterocycles. The first-order valence-electron chi connectivity index (χ1n) is 8.83. The molecule has 8 nitrogen and oxygen atoms in total. The van der Waals surface area contributed by atoms with Gasteiger partial charge in [-0.3, -0.25) is 4.79 Å². The molecule has 2 amide bonds. The molecule has 4 rings (SSSR count). The van der Waals surface area contributed by atoms with Gasteiger partial charge in [-0.2, -0.15) is 0 Å². The second-order valence-corrected chi connectivity index (χ2v) is 7.07. The van der Waals surface area contributed by atoms with E-state index in [2.05, 4.69) is 0 Å². The van der Waals surface area contributed by atoms with Crippen LogP contribution in [0.15, 0.2) is 39.5 Å². The van der Waals surface area contributed by atoms with Crippen molar-refractivity contribution >= 4 is 23.0 Å². The molecule has 27 heavy (non-hydrogen) atoms. The van der Waals surface area contributed by atoms with Crippen LogP contribution < -0.4 is 10.4 Å². The summed E-state index contributed by atoms with van der Waals surface area (Å²) in [5.74, 6) is 0.276. The van der Waals surface area contributed by atoms with Crippen LogP contribution in [0.5, 0.6) is 5.75 Å². The summed E-state index contributed by atoms with van der Waals surface area (Å²) in [6.45, 7) is 1.33. The third kappa shape index (κ3) is 3.47. The molecule has 3 heterocycles. The van der Waals surface area contributed by atoms with Crippen LogP contribution in [0.2, 0.25) is 0 Å². The quantitative estimate of drug-likeness (QED) is 0.761. The maximum Gasteiger partial charge on any atom is 0.410 e. The van der Waals surface area contributed by atoms with Gasteiger partial charge >= 0.3 is 11.7 Å². The van der Waals surface area contributed by atoms with Crippen molar-refractivity contribution < 1.29 is 23.5 Å². The Kier molecular flexibility index (Phi) is 4.25. The normalized spacial score (nSPS) is 22.3. The molecule has 1 spiro atoms. The minimum absolute atomic E-state index is 0.136. The Balaban J connectivity index is 1.40. The van der Waals surface area contributed by atoms with E-state index in [9.17, 15) is 14.4 Å². The van der Waals surface area contributed by atoms with E-state index in [1.54, 1.807) is 36.2 Å². The van der Waals surface area contributed by atoms with Crippen molar-refractivity contribution in [2.24, 2.45) is 0 Å². The van der Waals surface area contributed by atoms with Gasteiger partial charge in [0.05, 0.1) is 13.1 Å². The van der Waals surface area contributed by atoms with E-state index in [0.717, 1.165) is 18.2 Å². The zero-order chi connectivity index (χ0) is 19.0. The first-order valence-corrected chi connectivity index (χ1v) is 8.83. The second-order valence-electron chi connectivity index (χ2n) is 7.07. The zero-order valence-electron chi connectivity index (χ0n) is 15.0. The molecule has 2 aromatic rings. The van der Waals surface area contributed by atoms with Crippen molar-refractivity contribution in [3.05, 3.63) is 40.8 Å². The average molecular weight is 372 g/mol. The Bertz CT molecular complexity index is 955. The smallest absolute Gasteiger partial charge is 0.410 e. The summed E-state index contributed by atoms with van der Waals surface area (Å²) < 4.78 is 16.2. The maximum absolute atomic E-state index is 12.6. The van der Waals surface area contributed by atoms with Crippen LogP contribution in [-0.4, -0.2) is 60.7 Å². The number of fused-ring (bicyclic) bond motifs is 1. The number of ether oxygens (including phenoxy) is 2. The minimum Gasteiger partial charge on any atom is -0.484 e. The van der Waals surface area contributed by atoms with Gasteiger partial charge in [0.15, 0.2) is 6.61 Å². The number of likely N-dealkylation sites (N-methyl/N-ethyl adjacent to an activating group) is 1. The summed E-state index contributed by atoms with van der Waals surface area (Å²) in [7, 11) is 1.69. The van der Waals surface area contributed by atoms with Gasteiger partial charge < -0.3 is 23.7 Å².